The third-order valence-corrected chi connectivity index (χ3v) is 3.99. The first-order valence-corrected chi connectivity index (χ1v) is 6.32. The minimum atomic E-state index is -0.0559. The van der Waals surface area contributed by atoms with Crippen LogP contribution in [0.4, 0.5) is 0 Å². The van der Waals surface area contributed by atoms with Crippen LogP contribution in [0, 0.1) is 5.92 Å². The van der Waals surface area contributed by atoms with Crippen molar-refractivity contribution >= 4 is 0 Å². The molecule has 2 aliphatic rings. The monoisotopic (exact) mass is 213 g/mol. The number of aliphatic hydroxyl groups is 2. The molecule has 0 radical (unpaired) electrons. The number of aliphatic hydroxyl groups excluding tert-OH is 2. The molecule has 2 N–H and O–H groups in total. The molecular weight excluding hydrogens is 190 g/mol. The molecule has 3 heteroatoms. The highest BCUT2D eigenvalue weighted by Crippen LogP contribution is 2.27. The van der Waals surface area contributed by atoms with Crippen molar-refractivity contribution in [3.8, 4) is 0 Å². The average Bonchev–Trinajstić information content (AvgIpc) is 2.30. The first-order valence-electron chi connectivity index (χ1n) is 6.32. The maximum atomic E-state index is 9.46. The van der Waals surface area contributed by atoms with Gasteiger partial charge in [-0.3, -0.25) is 0 Å². The molecule has 1 aliphatic heterocycles. The van der Waals surface area contributed by atoms with Gasteiger partial charge in [0.05, 0.1) is 6.10 Å². The van der Waals surface area contributed by atoms with E-state index in [1.54, 1.807) is 0 Å². The lowest BCUT2D eigenvalue weighted by atomic mass is 9.89. The molecule has 1 atom stereocenters. The van der Waals surface area contributed by atoms with Crippen molar-refractivity contribution in [1.82, 2.24) is 4.90 Å². The minimum absolute atomic E-state index is 0.0559. The van der Waals surface area contributed by atoms with Gasteiger partial charge in [-0.05, 0) is 51.0 Å². The van der Waals surface area contributed by atoms with Gasteiger partial charge in [-0.1, -0.05) is 0 Å². The number of nitrogens with zero attached hydrogens (tertiary/aromatic N) is 1. The van der Waals surface area contributed by atoms with Crippen LogP contribution in [0.15, 0.2) is 0 Å². The summed E-state index contributed by atoms with van der Waals surface area (Å²) in [5.41, 5.74) is 0. The number of rotatable bonds is 2. The fourth-order valence-electron chi connectivity index (χ4n) is 3.00. The summed E-state index contributed by atoms with van der Waals surface area (Å²) in [7, 11) is 0. The van der Waals surface area contributed by atoms with E-state index in [-0.39, 0.29) is 6.10 Å². The van der Waals surface area contributed by atoms with Crippen molar-refractivity contribution in [2.75, 3.05) is 19.7 Å². The summed E-state index contributed by atoms with van der Waals surface area (Å²) in [5.74, 6) is 0.491. The third kappa shape index (κ3) is 2.92. The molecule has 2 rings (SSSR count). The zero-order valence-electron chi connectivity index (χ0n) is 9.44. The van der Waals surface area contributed by atoms with Gasteiger partial charge in [0.2, 0.25) is 0 Å². The summed E-state index contributed by atoms with van der Waals surface area (Å²) >= 11 is 0. The van der Waals surface area contributed by atoms with Crippen molar-refractivity contribution in [3.05, 3.63) is 0 Å². The van der Waals surface area contributed by atoms with Gasteiger partial charge in [0, 0.05) is 19.2 Å². The molecule has 0 bridgehead atoms. The van der Waals surface area contributed by atoms with Crippen molar-refractivity contribution in [2.24, 2.45) is 5.92 Å². The Morgan fingerprint density at radius 2 is 1.80 bits per heavy atom. The predicted molar refractivity (Wildman–Crippen MR) is 59.6 cm³/mol. The van der Waals surface area contributed by atoms with Crippen LogP contribution in [0.2, 0.25) is 0 Å². The summed E-state index contributed by atoms with van der Waals surface area (Å²) in [5, 5.41) is 18.6. The molecule has 0 amide bonds. The van der Waals surface area contributed by atoms with Crippen molar-refractivity contribution in [3.63, 3.8) is 0 Å². The van der Waals surface area contributed by atoms with Gasteiger partial charge >= 0.3 is 0 Å². The van der Waals surface area contributed by atoms with E-state index in [9.17, 15) is 10.2 Å². The maximum absolute atomic E-state index is 9.46. The standard InChI is InChI=1S/C12H23NO2/c14-9-10-2-1-7-13(8-10)11-3-5-12(15)6-4-11/h10-12,14-15H,1-9H2. The van der Waals surface area contributed by atoms with Crippen LogP contribution in [-0.2, 0) is 0 Å². The van der Waals surface area contributed by atoms with Gasteiger partial charge < -0.3 is 15.1 Å². The second-order valence-electron chi connectivity index (χ2n) is 5.15. The molecule has 2 fully saturated rings. The van der Waals surface area contributed by atoms with Gasteiger partial charge in [0.1, 0.15) is 0 Å². The second kappa shape index (κ2) is 5.28. The summed E-state index contributed by atoms with van der Waals surface area (Å²) in [6.45, 7) is 2.60. The Morgan fingerprint density at radius 3 is 2.47 bits per heavy atom. The SMILES string of the molecule is OCC1CCCN(C2CCC(O)CC2)C1. The lowest BCUT2D eigenvalue weighted by Gasteiger charge is -2.40. The molecule has 0 aromatic carbocycles. The first-order chi connectivity index (χ1) is 7.29. The fourth-order valence-corrected chi connectivity index (χ4v) is 3.00. The zero-order valence-corrected chi connectivity index (χ0v) is 9.44. The topological polar surface area (TPSA) is 43.7 Å². The summed E-state index contributed by atoms with van der Waals surface area (Å²) in [6.07, 6.45) is 6.56. The molecule has 15 heavy (non-hydrogen) atoms. The second-order valence-corrected chi connectivity index (χ2v) is 5.15. The van der Waals surface area contributed by atoms with E-state index >= 15 is 0 Å². The van der Waals surface area contributed by atoms with Crippen molar-refractivity contribution < 1.29 is 10.2 Å². The van der Waals surface area contributed by atoms with Crippen LogP contribution in [-0.4, -0.2) is 47.0 Å². The van der Waals surface area contributed by atoms with Gasteiger partial charge in [-0.15, -0.1) is 0 Å². The summed E-state index contributed by atoms with van der Waals surface area (Å²) < 4.78 is 0. The van der Waals surface area contributed by atoms with E-state index in [0.717, 1.165) is 32.2 Å². The van der Waals surface area contributed by atoms with E-state index in [1.807, 2.05) is 0 Å². The molecule has 1 heterocycles. The third-order valence-electron chi connectivity index (χ3n) is 3.99. The van der Waals surface area contributed by atoms with Crippen molar-refractivity contribution in [2.45, 2.75) is 50.7 Å². The van der Waals surface area contributed by atoms with Gasteiger partial charge in [0.15, 0.2) is 0 Å². The van der Waals surface area contributed by atoms with Crippen LogP contribution >= 0.6 is 0 Å². The van der Waals surface area contributed by atoms with E-state index in [1.165, 1.54) is 19.4 Å². The molecule has 3 nitrogen and oxygen atoms in total. The molecule has 0 aromatic heterocycles. The molecule has 0 spiro atoms. The van der Waals surface area contributed by atoms with E-state index in [0.29, 0.717) is 18.6 Å². The number of likely N-dealkylation sites (tertiary alicyclic amines) is 1. The first kappa shape index (κ1) is 11.4. The quantitative estimate of drug-likeness (QED) is 0.719. The molecule has 1 saturated heterocycles. The highest BCUT2D eigenvalue weighted by Gasteiger charge is 2.28. The molecular formula is C12H23NO2. The van der Waals surface area contributed by atoms with Gasteiger partial charge in [0.25, 0.3) is 0 Å². The van der Waals surface area contributed by atoms with Crippen LogP contribution in [0.5, 0.6) is 0 Å². The minimum Gasteiger partial charge on any atom is -0.396 e. The smallest absolute Gasteiger partial charge is 0.0541 e. The van der Waals surface area contributed by atoms with Gasteiger partial charge in [-0.25, -0.2) is 0 Å². The van der Waals surface area contributed by atoms with Crippen LogP contribution in [0.3, 0.4) is 0 Å². The lowest BCUT2D eigenvalue weighted by molar-refractivity contribution is 0.0404. The highest BCUT2D eigenvalue weighted by atomic mass is 16.3. The Balaban J connectivity index is 1.82. The van der Waals surface area contributed by atoms with E-state index < -0.39 is 0 Å². The molecule has 1 unspecified atom stereocenters. The van der Waals surface area contributed by atoms with Crippen LogP contribution in [0.1, 0.15) is 38.5 Å². The zero-order chi connectivity index (χ0) is 10.7. The predicted octanol–water partition coefficient (Wildman–Crippen LogP) is 0.994. The molecule has 1 saturated carbocycles. The maximum Gasteiger partial charge on any atom is 0.0541 e. The summed E-state index contributed by atoms with van der Waals surface area (Å²) in [4.78, 5) is 2.54. The highest BCUT2D eigenvalue weighted by molar-refractivity contribution is 4.83. The van der Waals surface area contributed by atoms with E-state index in [2.05, 4.69) is 4.90 Å². The molecule has 0 aromatic rings. The fraction of sp³-hybridized carbons (Fsp3) is 1.00. The van der Waals surface area contributed by atoms with Gasteiger partial charge in [-0.2, -0.15) is 0 Å². The Hall–Kier alpha value is -0.120. The Bertz CT molecular complexity index is 190. The number of hydrogen-bond donors (Lipinski definition) is 2. The Morgan fingerprint density at radius 1 is 1.07 bits per heavy atom. The Labute approximate surface area is 92.1 Å². The summed E-state index contributed by atoms with van der Waals surface area (Å²) in [6, 6.07) is 0.669. The molecule has 88 valence electrons. The normalized spacial score (nSPS) is 39.2. The lowest BCUT2D eigenvalue weighted by Crippen LogP contribution is -2.45. The molecule has 1 aliphatic carbocycles. The number of hydrogen-bond acceptors (Lipinski definition) is 3. The number of piperidine rings is 1. The largest absolute Gasteiger partial charge is 0.396 e. The van der Waals surface area contributed by atoms with Crippen LogP contribution in [0.25, 0.3) is 0 Å². The average molecular weight is 213 g/mol. The van der Waals surface area contributed by atoms with Crippen LogP contribution < -0.4 is 0 Å². The van der Waals surface area contributed by atoms with Crippen molar-refractivity contribution in [1.29, 1.82) is 0 Å². The van der Waals surface area contributed by atoms with E-state index in [4.69, 9.17) is 0 Å². The Kier molecular flexibility index (Phi) is 4.00.